The van der Waals surface area contributed by atoms with Gasteiger partial charge in [-0.1, -0.05) is 12.1 Å². The highest BCUT2D eigenvalue weighted by Gasteiger charge is 2.58. The normalized spacial score (nSPS) is 21.5. The lowest BCUT2D eigenvalue weighted by molar-refractivity contribution is -0.141. The van der Waals surface area contributed by atoms with E-state index in [4.69, 9.17) is 0 Å². The monoisotopic (exact) mass is 537 g/mol. The van der Waals surface area contributed by atoms with Gasteiger partial charge in [0.15, 0.2) is 0 Å². The molecule has 2 aromatic carbocycles. The molecule has 2 aliphatic heterocycles. The molecule has 194 valence electrons. The lowest BCUT2D eigenvalue weighted by Gasteiger charge is -2.25. The van der Waals surface area contributed by atoms with Crippen molar-refractivity contribution in [1.29, 1.82) is 0 Å². The summed E-state index contributed by atoms with van der Waals surface area (Å²) < 4.78 is 93.7. The van der Waals surface area contributed by atoms with Crippen LogP contribution in [0.25, 0.3) is 11.1 Å². The number of pyridine rings is 1. The standard InChI is InChI=1S/C25H20F5N3O3S/c26-18-3-5-20(6-4-18)37(35,36)33-19-10-16(11-19)23(33)24(34)32-13-17-9-14(1-7-21(17)27)15-2-8-22(31-12-15)25(28,29)30/h1-9,12,16,19,23H,10-11,13H2,(H,32,34)/t16?,19?,23-/m0/s1. The largest absolute Gasteiger partial charge is 0.433 e. The van der Waals surface area contributed by atoms with Gasteiger partial charge in [0.1, 0.15) is 23.4 Å². The van der Waals surface area contributed by atoms with E-state index in [1.54, 1.807) is 0 Å². The Morgan fingerprint density at radius 3 is 2.30 bits per heavy atom. The molecular formula is C25H20F5N3O3S. The zero-order valence-electron chi connectivity index (χ0n) is 19.0. The Bertz CT molecular complexity index is 1440. The summed E-state index contributed by atoms with van der Waals surface area (Å²) in [5, 5.41) is 2.60. The average molecular weight is 538 g/mol. The number of rotatable bonds is 6. The quantitative estimate of drug-likeness (QED) is 0.470. The van der Waals surface area contributed by atoms with E-state index in [1.807, 2.05) is 0 Å². The second kappa shape index (κ2) is 9.18. The molecule has 1 amide bonds. The van der Waals surface area contributed by atoms with Crippen molar-refractivity contribution in [2.75, 3.05) is 0 Å². The molecule has 6 nitrogen and oxygen atoms in total. The fraction of sp³-hybridized carbons (Fsp3) is 0.280. The van der Waals surface area contributed by atoms with Gasteiger partial charge in [-0.15, -0.1) is 0 Å². The van der Waals surface area contributed by atoms with Crippen molar-refractivity contribution in [2.45, 2.75) is 42.5 Å². The summed E-state index contributed by atoms with van der Waals surface area (Å²) in [6.45, 7) is -0.259. The summed E-state index contributed by atoms with van der Waals surface area (Å²) in [7, 11) is -4.06. The molecule has 6 rings (SSSR count). The molecule has 1 N–H and O–H groups in total. The van der Waals surface area contributed by atoms with E-state index >= 15 is 0 Å². The number of nitrogens with zero attached hydrogens (tertiary/aromatic N) is 2. The van der Waals surface area contributed by atoms with E-state index in [0.29, 0.717) is 24.0 Å². The molecular weight excluding hydrogens is 517 g/mol. The van der Waals surface area contributed by atoms with E-state index in [9.17, 15) is 35.2 Å². The molecule has 0 spiro atoms. The second-order valence-corrected chi connectivity index (χ2v) is 10.9. The third-order valence-corrected chi connectivity index (χ3v) is 8.72. The number of aromatic nitrogens is 1. The number of nitrogens with one attached hydrogen (secondary N) is 1. The zero-order chi connectivity index (χ0) is 26.5. The molecule has 12 heteroatoms. The van der Waals surface area contributed by atoms with Gasteiger partial charge >= 0.3 is 6.18 Å². The van der Waals surface area contributed by atoms with Crippen molar-refractivity contribution in [3.8, 4) is 11.1 Å². The summed E-state index contributed by atoms with van der Waals surface area (Å²) in [5.74, 6) is -2.00. The summed E-state index contributed by atoms with van der Waals surface area (Å²) in [6.07, 6.45) is -2.52. The van der Waals surface area contributed by atoms with Crippen molar-refractivity contribution in [1.82, 2.24) is 14.6 Å². The maximum absolute atomic E-state index is 14.5. The lowest BCUT2D eigenvalue weighted by Crippen LogP contribution is -2.46. The molecule has 3 aromatic rings. The van der Waals surface area contributed by atoms with Gasteiger partial charge in [0.25, 0.3) is 0 Å². The molecule has 1 atom stereocenters. The van der Waals surface area contributed by atoms with Crippen LogP contribution in [0.2, 0.25) is 0 Å². The van der Waals surface area contributed by atoms with Crippen molar-refractivity contribution in [2.24, 2.45) is 5.92 Å². The molecule has 0 unspecified atom stereocenters. The number of benzene rings is 2. The van der Waals surface area contributed by atoms with Gasteiger partial charge in [0, 0.05) is 29.9 Å². The number of amides is 1. The summed E-state index contributed by atoms with van der Waals surface area (Å²) in [5.41, 5.74) is -0.255. The molecule has 2 saturated heterocycles. The molecule has 2 bridgehead atoms. The van der Waals surface area contributed by atoms with Gasteiger partial charge in [-0.3, -0.25) is 9.78 Å². The van der Waals surface area contributed by atoms with Gasteiger partial charge in [-0.25, -0.2) is 17.2 Å². The molecule has 0 radical (unpaired) electrons. The zero-order valence-corrected chi connectivity index (χ0v) is 19.9. The number of hydrogen-bond acceptors (Lipinski definition) is 4. The van der Waals surface area contributed by atoms with Crippen LogP contribution in [0, 0.1) is 17.6 Å². The van der Waals surface area contributed by atoms with Crippen LogP contribution < -0.4 is 5.32 Å². The van der Waals surface area contributed by atoms with Crippen molar-refractivity contribution in [3.05, 3.63) is 83.7 Å². The fourth-order valence-corrected chi connectivity index (χ4v) is 6.70. The number of alkyl halides is 3. The highest BCUT2D eigenvalue weighted by atomic mass is 32.2. The molecule has 3 fully saturated rings. The van der Waals surface area contributed by atoms with Crippen molar-refractivity contribution < 1.29 is 35.2 Å². The minimum atomic E-state index is -4.59. The maximum atomic E-state index is 14.5. The number of fused-ring (bicyclic) bond motifs is 1. The smallest absolute Gasteiger partial charge is 0.351 e. The third kappa shape index (κ3) is 4.71. The van der Waals surface area contributed by atoms with E-state index in [1.165, 1.54) is 18.2 Å². The SMILES string of the molecule is O=C(NCc1cc(-c2ccc(C(F)(F)F)nc2)ccc1F)[C@@H]1C2CC(C2)N1S(=O)(=O)c1ccc(F)cc1. The van der Waals surface area contributed by atoms with Crippen LogP contribution in [-0.4, -0.2) is 35.7 Å². The van der Waals surface area contributed by atoms with Crippen LogP contribution in [0.5, 0.6) is 0 Å². The van der Waals surface area contributed by atoms with Gasteiger partial charge in [0.05, 0.1) is 4.90 Å². The molecule has 37 heavy (non-hydrogen) atoms. The maximum Gasteiger partial charge on any atom is 0.433 e. The Hall–Kier alpha value is -3.38. The Labute approximate surface area is 209 Å². The fourth-order valence-electron chi connectivity index (χ4n) is 4.84. The van der Waals surface area contributed by atoms with E-state index in [-0.39, 0.29) is 29.0 Å². The second-order valence-electron chi connectivity index (χ2n) is 9.07. The highest BCUT2D eigenvalue weighted by molar-refractivity contribution is 7.89. The van der Waals surface area contributed by atoms with Crippen LogP contribution >= 0.6 is 0 Å². The van der Waals surface area contributed by atoms with E-state index < -0.39 is 45.5 Å². The molecule has 1 aromatic heterocycles. The Morgan fingerprint density at radius 1 is 1.00 bits per heavy atom. The number of hydrogen-bond donors (Lipinski definition) is 1. The van der Waals surface area contributed by atoms with Gasteiger partial charge in [-0.2, -0.15) is 17.5 Å². The Balaban J connectivity index is 1.32. The summed E-state index contributed by atoms with van der Waals surface area (Å²) in [4.78, 5) is 16.4. The summed E-state index contributed by atoms with van der Waals surface area (Å²) >= 11 is 0. The average Bonchev–Trinajstić information content (AvgIpc) is 3.41. The van der Waals surface area contributed by atoms with Gasteiger partial charge < -0.3 is 5.32 Å². The molecule has 1 aliphatic carbocycles. The van der Waals surface area contributed by atoms with Gasteiger partial charge in [-0.05, 0) is 66.8 Å². The first-order chi connectivity index (χ1) is 17.4. The molecule has 3 aliphatic rings. The Kier molecular flexibility index (Phi) is 6.27. The van der Waals surface area contributed by atoms with Crippen LogP contribution in [0.4, 0.5) is 22.0 Å². The van der Waals surface area contributed by atoms with Crippen molar-refractivity contribution in [3.63, 3.8) is 0 Å². The predicted octanol–water partition coefficient (Wildman–Crippen LogP) is 4.51. The first kappa shape index (κ1) is 25.3. The number of sulfonamides is 1. The minimum Gasteiger partial charge on any atom is -0.351 e. The first-order valence-electron chi connectivity index (χ1n) is 11.3. The first-order valence-corrected chi connectivity index (χ1v) is 12.8. The summed E-state index contributed by atoms with van der Waals surface area (Å²) in [6, 6.07) is 8.97. The van der Waals surface area contributed by atoms with Crippen LogP contribution in [0.3, 0.4) is 0 Å². The number of carbonyl (C=O) groups is 1. The van der Waals surface area contributed by atoms with Crippen LogP contribution in [0.1, 0.15) is 24.1 Å². The Morgan fingerprint density at radius 2 is 1.68 bits per heavy atom. The van der Waals surface area contributed by atoms with Crippen LogP contribution in [-0.2, 0) is 27.5 Å². The molecule has 1 saturated carbocycles. The third-order valence-electron chi connectivity index (χ3n) is 6.77. The van der Waals surface area contributed by atoms with Crippen LogP contribution in [0.15, 0.2) is 65.7 Å². The lowest BCUT2D eigenvalue weighted by atomic mass is 9.83. The topological polar surface area (TPSA) is 79.4 Å². The minimum absolute atomic E-state index is 0.0732. The highest BCUT2D eigenvalue weighted by Crippen LogP contribution is 2.48. The van der Waals surface area contributed by atoms with Gasteiger partial charge in [0.2, 0.25) is 15.9 Å². The number of carbonyl (C=O) groups excluding carboxylic acids is 1. The van der Waals surface area contributed by atoms with Crippen molar-refractivity contribution >= 4 is 15.9 Å². The number of halogens is 5. The predicted molar refractivity (Wildman–Crippen MR) is 122 cm³/mol. The van der Waals surface area contributed by atoms with E-state index in [2.05, 4.69) is 10.3 Å². The van der Waals surface area contributed by atoms with E-state index in [0.717, 1.165) is 46.9 Å². The molecule has 3 heterocycles.